The molecule has 0 aliphatic heterocycles. The first-order chi connectivity index (χ1) is 8.06. The van der Waals surface area contributed by atoms with Crippen molar-refractivity contribution in [2.45, 2.75) is 19.9 Å². The summed E-state index contributed by atoms with van der Waals surface area (Å²) in [5, 5.41) is 4.12. The summed E-state index contributed by atoms with van der Waals surface area (Å²) in [6.45, 7) is 4.01. The topological polar surface area (TPSA) is 53.1 Å². The minimum absolute atomic E-state index is 0.247. The van der Waals surface area contributed by atoms with E-state index in [1.54, 1.807) is 17.1 Å². The van der Waals surface area contributed by atoms with Gasteiger partial charge in [-0.15, -0.1) is 0 Å². The lowest BCUT2D eigenvalue weighted by atomic mass is 10.3. The van der Waals surface area contributed by atoms with E-state index in [0.29, 0.717) is 17.2 Å². The fourth-order valence-electron chi connectivity index (χ4n) is 1.38. The van der Waals surface area contributed by atoms with E-state index in [9.17, 15) is 4.39 Å². The Morgan fingerprint density at radius 3 is 2.82 bits per heavy atom. The van der Waals surface area contributed by atoms with Crippen LogP contribution in [-0.4, -0.2) is 9.78 Å². The molecule has 0 saturated carbocycles. The second-order valence-electron chi connectivity index (χ2n) is 4.03. The average Bonchev–Trinajstić information content (AvgIpc) is 2.72. The maximum absolute atomic E-state index is 13.0. The van der Waals surface area contributed by atoms with E-state index in [4.69, 9.17) is 10.5 Å². The van der Waals surface area contributed by atoms with Crippen molar-refractivity contribution in [1.29, 1.82) is 0 Å². The lowest BCUT2D eigenvalue weighted by molar-refractivity contribution is 0.474. The van der Waals surface area contributed by atoms with Gasteiger partial charge in [0.05, 0.1) is 18.1 Å². The fourth-order valence-corrected chi connectivity index (χ4v) is 1.38. The number of halogens is 1. The highest BCUT2D eigenvalue weighted by atomic mass is 19.1. The maximum atomic E-state index is 13.0. The number of benzene rings is 1. The van der Waals surface area contributed by atoms with Crippen LogP contribution in [-0.2, 0) is 0 Å². The first kappa shape index (κ1) is 11.4. The van der Waals surface area contributed by atoms with Crippen LogP contribution in [0.25, 0.3) is 0 Å². The van der Waals surface area contributed by atoms with Crippen molar-refractivity contribution >= 4 is 5.69 Å². The summed E-state index contributed by atoms with van der Waals surface area (Å²) in [7, 11) is 0. The van der Waals surface area contributed by atoms with Crippen LogP contribution in [0.15, 0.2) is 30.6 Å². The Morgan fingerprint density at radius 2 is 2.18 bits per heavy atom. The van der Waals surface area contributed by atoms with Gasteiger partial charge in [-0.1, -0.05) is 0 Å². The van der Waals surface area contributed by atoms with Crippen molar-refractivity contribution in [2.24, 2.45) is 0 Å². The van der Waals surface area contributed by atoms with Crippen LogP contribution in [0.5, 0.6) is 11.5 Å². The summed E-state index contributed by atoms with van der Waals surface area (Å²) < 4.78 is 20.3. The zero-order chi connectivity index (χ0) is 12.4. The first-order valence-corrected chi connectivity index (χ1v) is 5.33. The molecule has 0 spiro atoms. The minimum Gasteiger partial charge on any atom is -0.452 e. The molecule has 0 fully saturated rings. The number of nitrogens with zero attached hydrogens (tertiary/aromatic N) is 2. The number of nitrogen functional groups attached to an aromatic ring is 1. The second kappa shape index (κ2) is 4.45. The number of hydrogen-bond acceptors (Lipinski definition) is 3. The standard InChI is InChI=1S/C12H14FN3O/c1-8(2)16-7-10(6-15-16)17-12-5-9(13)3-4-11(12)14/h3-8H,14H2,1-2H3. The average molecular weight is 235 g/mol. The molecular weight excluding hydrogens is 221 g/mol. The maximum Gasteiger partial charge on any atom is 0.165 e. The Hall–Kier alpha value is -2.04. The van der Waals surface area contributed by atoms with Gasteiger partial charge in [0.2, 0.25) is 0 Å². The number of aromatic nitrogens is 2. The number of rotatable bonds is 3. The minimum atomic E-state index is -0.384. The monoisotopic (exact) mass is 235 g/mol. The zero-order valence-electron chi connectivity index (χ0n) is 9.72. The van der Waals surface area contributed by atoms with Gasteiger partial charge in [-0.05, 0) is 26.0 Å². The molecule has 0 radical (unpaired) electrons. The quantitative estimate of drug-likeness (QED) is 0.832. The molecule has 1 aromatic carbocycles. The molecular formula is C12H14FN3O. The van der Waals surface area contributed by atoms with Crippen molar-refractivity contribution in [1.82, 2.24) is 9.78 Å². The predicted molar refractivity (Wildman–Crippen MR) is 63.5 cm³/mol. The molecule has 0 unspecified atom stereocenters. The molecule has 90 valence electrons. The molecule has 0 aliphatic carbocycles. The summed E-state index contributed by atoms with van der Waals surface area (Å²) in [6, 6.07) is 4.26. The van der Waals surface area contributed by atoms with Gasteiger partial charge >= 0.3 is 0 Å². The van der Waals surface area contributed by atoms with Crippen molar-refractivity contribution in [3.63, 3.8) is 0 Å². The number of anilines is 1. The van der Waals surface area contributed by atoms with E-state index in [2.05, 4.69) is 5.10 Å². The van der Waals surface area contributed by atoms with Crippen molar-refractivity contribution in [3.8, 4) is 11.5 Å². The van der Waals surface area contributed by atoms with Crippen LogP contribution < -0.4 is 10.5 Å². The third-order valence-corrected chi connectivity index (χ3v) is 2.31. The van der Waals surface area contributed by atoms with Crippen LogP contribution in [0, 0.1) is 5.82 Å². The molecule has 0 saturated heterocycles. The molecule has 4 nitrogen and oxygen atoms in total. The molecule has 1 heterocycles. The lowest BCUT2D eigenvalue weighted by Crippen LogP contribution is -1.99. The summed E-state index contributed by atoms with van der Waals surface area (Å²) in [6.07, 6.45) is 3.32. The summed E-state index contributed by atoms with van der Waals surface area (Å²) in [5.74, 6) is 0.453. The van der Waals surface area contributed by atoms with Crippen molar-refractivity contribution < 1.29 is 9.13 Å². The van der Waals surface area contributed by atoms with Crippen LogP contribution in [0.1, 0.15) is 19.9 Å². The molecule has 2 rings (SSSR count). The number of ether oxygens (including phenoxy) is 1. The van der Waals surface area contributed by atoms with E-state index in [0.717, 1.165) is 0 Å². The highest BCUT2D eigenvalue weighted by Crippen LogP contribution is 2.28. The van der Waals surface area contributed by atoms with Gasteiger partial charge in [0.1, 0.15) is 5.82 Å². The third kappa shape index (κ3) is 2.55. The molecule has 5 heteroatoms. The van der Waals surface area contributed by atoms with Gasteiger partial charge in [-0.3, -0.25) is 4.68 Å². The molecule has 2 N–H and O–H groups in total. The van der Waals surface area contributed by atoms with Crippen LogP contribution in [0.3, 0.4) is 0 Å². The molecule has 2 aromatic rings. The summed E-state index contributed by atoms with van der Waals surface area (Å²) in [5.41, 5.74) is 6.08. The van der Waals surface area contributed by atoms with Crippen molar-refractivity contribution in [3.05, 3.63) is 36.4 Å². The lowest BCUT2D eigenvalue weighted by Gasteiger charge is -2.06. The Balaban J connectivity index is 2.22. The van der Waals surface area contributed by atoms with Gasteiger partial charge in [0.15, 0.2) is 11.5 Å². The molecule has 0 atom stereocenters. The Morgan fingerprint density at radius 1 is 1.41 bits per heavy atom. The highest BCUT2D eigenvalue weighted by molar-refractivity contribution is 5.53. The van der Waals surface area contributed by atoms with Gasteiger partial charge in [0.25, 0.3) is 0 Å². The van der Waals surface area contributed by atoms with E-state index in [1.807, 2.05) is 13.8 Å². The third-order valence-electron chi connectivity index (χ3n) is 2.31. The van der Waals surface area contributed by atoms with Gasteiger partial charge < -0.3 is 10.5 Å². The molecule has 17 heavy (non-hydrogen) atoms. The fraction of sp³-hybridized carbons (Fsp3) is 0.250. The highest BCUT2D eigenvalue weighted by Gasteiger charge is 2.07. The van der Waals surface area contributed by atoms with E-state index in [-0.39, 0.29) is 11.9 Å². The van der Waals surface area contributed by atoms with Gasteiger partial charge in [-0.2, -0.15) is 5.10 Å². The number of nitrogens with two attached hydrogens (primary N) is 1. The van der Waals surface area contributed by atoms with Gasteiger partial charge in [-0.25, -0.2) is 4.39 Å². The summed E-state index contributed by atoms with van der Waals surface area (Å²) in [4.78, 5) is 0. The van der Waals surface area contributed by atoms with Crippen molar-refractivity contribution in [2.75, 3.05) is 5.73 Å². The second-order valence-corrected chi connectivity index (χ2v) is 4.03. The molecule has 1 aromatic heterocycles. The zero-order valence-corrected chi connectivity index (χ0v) is 9.72. The van der Waals surface area contributed by atoms with Crippen LogP contribution in [0.4, 0.5) is 10.1 Å². The Labute approximate surface area is 98.8 Å². The normalized spacial score (nSPS) is 10.8. The SMILES string of the molecule is CC(C)n1cc(Oc2cc(F)ccc2N)cn1. The smallest absolute Gasteiger partial charge is 0.165 e. The molecule has 0 bridgehead atoms. The largest absolute Gasteiger partial charge is 0.452 e. The summed E-state index contributed by atoms with van der Waals surface area (Å²) >= 11 is 0. The predicted octanol–water partition coefficient (Wildman–Crippen LogP) is 2.98. The molecule has 0 aliphatic rings. The Bertz CT molecular complexity index is 522. The van der Waals surface area contributed by atoms with E-state index < -0.39 is 0 Å². The Kier molecular flexibility index (Phi) is 2.99. The first-order valence-electron chi connectivity index (χ1n) is 5.33. The van der Waals surface area contributed by atoms with Crippen LogP contribution >= 0.6 is 0 Å². The van der Waals surface area contributed by atoms with E-state index in [1.165, 1.54) is 18.2 Å². The van der Waals surface area contributed by atoms with Gasteiger partial charge in [0, 0.05) is 12.1 Å². The number of hydrogen-bond donors (Lipinski definition) is 1. The van der Waals surface area contributed by atoms with E-state index >= 15 is 0 Å². The van der Waals surface area contributed by atoms with Crippen LogP contribution in [0.2, 0.25) is 0 Å². The molecule has 0 amide bonds.